The monoisotopic (exact) mass is 377 g/mol. The average Bonchev–Trinajstić information content (AvgIpc) is 2.92. The van der Waals surface area contributed by atoms with Gasteiger partial charge in [-0.05, 0) is 51.1 Å². The van der Waals surface area contributed by atoms with Crippen LogP contribution in [-0.4, -0.2) is 45.3 Å². The van der Waals surface area contributed by atoms with Crippen molar-refractivity contribution >= 4 is 34.0 Å². The van der Waals surface area contributed by atoms with E-state index in [2.05, 4.69) is 15.4 Å². The summed E-state index contributed by atoms with van der Waals surface area (Å²) >= 11 is 0. The lowest BCUT2D eigenvalue weighted by molar-refractivity contribution is -0.119. The number of carbonyl (C=O) groups excluding carboxylic acids is 1. The normalized spacial score (nSPS) is 17.2. The molecule has 9 heteroatoms. The lowest BCUT2D eigenvalue weighted by Gasteiger charge is -2.13. The fourth-order valence-corrected chi connectivity index (χ4v) is 3.30. The van der Waals surface area contributed by atoms with Crippen LogP contribution in [0.5, 0.6) is 5.75 Å². The molecule has 1 aromatic rings. The highest BCUT2D eigenvalue weighted by atomic mass is 35.5. The lowest BCUT2D eigenvalue weighted by atomic mass is 10.3. The van der Waals surface area contributed by atoms with Crippen LogP contribution in [0.2, 0.25) is 0 Å². The molecule has 2 rings (SSSR count). The van der Waals surface area contributed by atoms with E-state index in [-0.39, 0.29) is 24.6 Å². The van der Waals surface area contributed by atoms with E-state index >= 15 is 0 Å². The van der Waals surface area contributed by atoms with Crippen LogP contribution < -0.4 is 20.1 Å². The van der Waals surface area contributed by atoms with Gasteiger partial charge in [-0.15, -0.1) is 12.4 Å². The third kappa shape index (κ3) is 6.94. The summed E-state index contributed by atoms with van der Waals surface area (Å²) in [4.78, 5) is 11.8. The fraction of sp³-hybridized carbons (Fsp3) is 0.533. The summed E-state index contributed by atoms with van der Waals surface area (Å²) in [5.41, 5.74) is 0.399. The van der Waals surface area contributed by atoms with E-state index in [1.807, 2.05) is 13.8 Å². The molecule has 24 heavy (non-hydrogen) atoms. The van der Waals surface area contributed by atoms with Crippen LogP contribution in [0.15, 0.2) is 24.3 Å². The molecule has 0 aromatic heterocycles. The third-order valence-corrected chi connectivity index (χ3v) is 4.43. The highest BCUT2D eigenvalue weighted by molar-refractivity contribution is 7.93. The Labute approximate surface area is 149 Å². The lowest BCUT2D eigenvalue weighted by Crippen LogP contribution is -2.40. The highest BCUT2D eigenvalue weighted by Gasteiger charge is 2.21. The first-order valence-electron chi connectivity index (χ1n) is 7.61. The zero-order chi connectivity index (χ0) is 16.9. The average molecular weight is 378 g/mol. The molecular weight excluding hydrogens is 354 g/mol. The summed E-state index contributed by atoms with van der Waals surface area (Å²) in [5, 5.41) is 5.82. The van der Waals surface area contributed by atoms with Gasteiger partial charge >= 0.3 is 0 Å². The molecule has 7 nitrogen and oxygen atoms in total. The van der Waals surface area contributed by atoms with Crippen molar-refractivity contribution in [2.24, 2.45) is 0 Å². The number of rotatable bonds is 7. The zero-order valence-corrected chi connectivity index (χ0v) is 15.4. The number of hydrogen-bond donors (Lipinski definition) is 3. The summed E-state index contributed by atoms with van der Waals surface area (Å²) in [5.74, 6) is -0.423. The SMILES string of the molecule is CC(C)Oc1ccc(NS(=O)(=O)CC(=O)NC2CCNC2)cc1.Cl. The number of carbonyl (C=O) groups is 1. The van der Waals surface area contributed by atoms with E-state index in [1.54, 1.807) is 24.3 Å². The molecule has 1 fully saturated rings. The predicted octanol–water partition coefficient (Wildman–Crippen LogP) is 1.12. The van der Waals surface area contributed by atoms with Crippen LogP contribution >= 0.6 is 12.4 Å². The van der Waals surface area contributed by atoms with Gasteiger partial charge in [-0.2, -0.15) is 0 Å². The van der Waals surface area contributed by atoms with Crippen molar-refractivity contribution in [1.82, 2.24) is 10.6 Å². The summed E-state index contributed by atoms with van der Waals surface area (Å²) in [6.07, 6.45) is 0.864. The van der Waals surface area contributed by atoms with Gasteiger partial charge in [0, 0.05) is 18.3 Å². The van der Waals surface area contributed by atoms with E-state index < -0.39 is 21.7 Å². The minimum Gasteiger partial charge on any atom is -0.491 e. The van der Waals surface area contributed by atoms with Gasteiger partial charge in [0.25, 0.3) is 0 Å². The maximum absolute atomic E-state index is 12.0. The molecule has 0 saturated carbocycles. The van der Waals surface area contributed by atoms with Crippen molar-refractivity contribution in [2.75, 3.05) is 23.6 Å². The summed E-state index contributed by atoms with van der Waals surface area (Å²) in [7, 11) is -3.73. The fourth-order valence-electron chi connectivity index (χ4n) is 2.31. The highest BCUT2D eigenvalue weighted by Crippen LogP contribution is 2.17. The quantitative estimate of drug-likeness (QED) is 0.661. The van der Waals surface area contributed by atoms with Crippen molar-refractivity contribution < 1.29 is 17.9 Å². The second-order valence-corrected chi connectivity index (χ2v) is 7.53. The van der Waals surface area contributed by atoms with E-state index in [9.17, 15) is 13.2 Å². The Balaban J connectivity index is 0.00000288. The number of halogens is 1. The van der Waals surface area contributed by atoms with Gasteiger partial charge in [0.1, 0.15) is 11.5 Å². The molecule has 1 aromatic carbocycles. The van der Waals surface area contributed by atoms with Crippen molar-refractivity contribution in [3.63, 3.8) is 0 Å². The first kappa shape index (κ1) is 20.5. The standard InChI is InChI=1S/C15H23N3O4S.ClH/c1-11(2)22-14-5-3-12(4-6-14)18-23(20,21)10-15(19)17-13-7-8-16-9-13;/h3-6,11,13,16,18H,7-10H2,1-2H3,(H,17,19);1H. The van der Waals surface area contributed by atoms with Gasteiger partial charge in [-0.1, -0.05) is 0 Å². The van der Waals surface area contributed by atoms with Crippen molar-refractivity contribution in [3.05, 3.63) is 24.3 Å². The molecule has 0 bridgehead atoms. The Kier molecular flexibility index (Phi) is 7.78. The van der Waals surface area contributed by atoms with E-state index in [0.29, 0.717) is 18.0 Å². The van der Waals surface area contributed by atoms with E-state index in [4.69, 9.17) is 4.74 Å². The molecule has 1 atom stereocenters. The van der Waals surface area contributed by atoms with Crippen LogP contribution in [0.1, 0.15) is 20.3 Å². The molecular formula is C15H24ClN3O4S. The van der Waals surface area contributed by atoms with Gasteiger partial charge in [-0.25, -0.2) is 8.42 Å². The number of amides is 1. The predicted molar refractivity (Wildman–Crippen MR) is 96.3 cm³/mol. The Bertz CT molecular complexity index is 629. The molecule has 1 aliphatic heterocycles. The molecule has 0 aliphatic carbocycles. The molecule has 1 heterocycles. The topological polar surface area (TPSA) is 96.5 Å². The van der Waals surface area contributed by atoms with Crippen molar-refractivity contribution in [3.8, 4) is 5.75 Å². The number of benzene rings is 1. The van der Waals surface area contributed by atoms with Crippen molar-refractivity contribution in [2.45, 2.75) is 32.4 Å². The molecule has 1 unspecified atom stereocenters. The van der Waals surface area contributed by atoms with Crippen molar-refractivity contribution in [1.29, 1.82) is 0 Å². The molecule has 3 N–H and O–H groups in total. The minimum absolute atomic E-state index is 0. The minimum atomic E-state index is -3.73. The van der Waals surface area contributed by atoms with Crippen LogP contribution in [0.4, 0.5) is 5.69 Å². The third-order valence-electron chi connectivity index (χ3n) is 3.25. The van der Waals surface area contributed by atoms with Crippen LogP contribution in [-0.2, 0) is 14.8 Å². The zero-order valence-electron chi connectivity index (χ0n) is 13.7. The second kappa shape index (κ2) is 9.10. The number of anilines is 1. The molecule has 1 saturated heterocycles. The Morgan fingerprint density at radius 2 is 2.00 bits per heavy atom. The number of hydrogen-bond acceptors (Lipinski definition) is 5. The molecule has 1 aliphatic rings. The van der Waals surface area contributed by atoms with Crippen LogP contribution in [0, 0.1) is 0 Å². The van der Waals surface area contributed by atoms with Gasteiger partial charge in [0.05, 0.1) is 6.10 Å². The first-order valence-corrected chi connectivity index (χ1v) is 9.26. The number of sulfonamides is 1. The first-order chi connectivity index (χ1) is 10.8. The maximum atomic E-state index is 12.0. The molecule has 136 valence electrons. The van der Waals surface area contributed by atoms with Gasteiger partial charge < -0.3 is 15.4 Å². The van der Waals surface area contributed by atoms with Gasteiger partial charge in [-0.3, -0.25) is 9.52 Å². The number of nitrogens with one attached hydrogen (secondary N) is 3. The largest absolute Gasteiger partial charge is 0.491 e. The Hall–Kier alpha value is -1.51. The second-order valence-electron chi connectivity index (χ2n) is 5.81. The Morgan fingerprint density at radius 1 is 1.33 bits per heavy atom. The van der Waals surface area contributed by atoms with Gasteiger partial charge in [0.2, 0.25) is 15.9 Å². The summed E-state index contributed by atoms with van der Waals surface area (Å²) in [6.45, 7) is 5.33. The maximum Gasteiger partial charge on any atom is 0.241 e. The molecule has 1 amide bonds. The van der Waals surface area contributed by atoms with Crippen LogP contribution in [0.25, 0.3) is 0 Å². The molecule has 0 spiro atoms. The smallest absolute Gasteiger partial charge is 0.241 e. The Morgan fingerprint density at radius 3 is 2.54 bits per heavy atom. The van der Waals surface area contributed by atoms with Crippen LogP contribution in [0.3, 0.4) is 0 Å². The van der Waals surface area contributed by atoms with Gasteiger partial charge in [0.15, 0.2) is 0 Å². The summed E-state index contributed by atoms with van der Waals surface area (Å²) < 4.78 is 31.9. The summed E-state index contributed by atoms with van der Waals surface area (Å²) in [6, 6.07) is 6.58. The van der Waals surface area contributed by atoms with E-state index in [1.165, 1.54) is 0 Å². The van der Waals surface area contributed by atoms with E-state index in [0.717, 1.165) is 13.0 Å². The number of ether oxygens (including phenoxy) is 1. The molecule has 0 radical (unpaired) electrons.